The van der Waals surface area contributed by atoms with Gasteiger partial charge in [-0.3, -0.25) is 4.89 Å². The van der Waals surface area contributed by atoms with E-state index in [1.165, 1.54) is 6.92 Å². The van der Waals surface area contributed by atoms with Crippen LogP contribution in [-0.2, 0) is 14.6 Å². The average Bonchev–Trinajstić information content (AvgIpc) is 1.83. The van der Waals surface area contributed by atoms with Crippen molar-refractivity contribution in [2.24, 2.45) is 5.73 Å². The molecular formula is C5H9NO3. The topological polar surface area (TPSA) is 61.5 Å². The third-order valence-corrected chi connectivity index (χ3v) is 0.449. The summed E-state index contributed by atoms with van der Waals surface area (Å²) in [5, 5.41) is 0. The second-order valence-corrected chi connectivity index (χ2v) is 1.41. The van der Waals surface area contributed by atoms with Gasteiger partial charge in [0.05, 0.1) is 0 Å². The lowest BCUT2D eigenvalue weighted by Crippen LogP contribution is -2.20. The first-order chi connectivity index (χ1) is 4.16. The quantitative estimate of drug-likeness (QED) is 0.252. The molecule has 52 valence electrons. The predicted molar refractivity (Wildman–Crippen MR) is 31.0 cm³/mol. The number of carbonyl (C=O) groups excluding carboxylic acids is 1. The second kappa shape index (κ2) is 4.05. The SMILES string of the molecule is C=CC(=O)OOC(C)N. The van der Waals surface area contributed by atoms with Crippen LogP contribution in [0.25, 0.3) is 0 Å². The van der Waals surface area contributed by atoms with Crippen molar-refractivity contribution in [1.29, 1.82) is 0 Å². The molecule has 1 unspecified atom stereocenters. The fourth-order valence-corrected chi connectivity index (χ4v) is 0.157. The second-order valence-electron chi connectivity index (χ2n) is 1.41. The molecule has 0 fully saturated rings. The van der Waals surface area contributed by atoms with E-state index >= 15 is 0 Å². The highest BCUT2D eigenvalue weighted by molar-refractivity contribution is 5.80. The molecule has 0 bridgehead atoms. The molecule has 0 aromatic carbocycles. The molecule has 0 amide bonds. The maximum Gasteiger partial charge on any atom is 0.365 e. The summed E-state index contributed by atoms with van der Waals surface area (Å²) < 4.78 is 0. The Morgan fingerprint density at radius 3 is 2.78 bits per heavy atom. The van der Waals surface area contributed by atoms with Crippen LogP contribution < -0.4 is 5.73 Å². The minimum atomic E-state index is -0.646. The third kappa shape index (κ3) is 4.99. The summed E-state index contributed by atoms with van der Waals surface area (Å²) in [5.41, 5.74) is 5.06. The standard InChI is InChI=1S/C5H9NO3/c1-3-5(7)9-8-4(2)6/h3-4H,1,6H2,2H3. The molecule has 4 nitrogen and oxygen atoms in total. The van der Waals surface area contributed by atoms with Gasteiger partial charge in [-0.2, -0.15) is 4.89 Å². The van der Waals surface area contributed by atoms with Gasteiger partial charge in [0.15, 0.2) is 0 Å². The van der Waals surface area contributed by atoms with Gasteiger partial charge in [-0.15, -0.1) is 0 Å². The highest BCUT2D eigenvalue weighted by Crippen LogP contribution is 1.84. The van der Waals surface area contributed by atoms with Crippen LogP contribution in [0.15, 0.2) is 12.7 Å². The smallest absolute Gasteiger partial charge is 0.303 e. The van der Waals surface area contributed by atoms with Crippen LogP contribution in [-0.4, -0.2) is 12.2 Å². The van der Waals surface area contributed by atoms with E-state index in [1.807, 2.05) is 0 Å². The van der Waals surface area contributed by atoms with Gasteiger partial charge in [0.25, 0.3) is 0 Å². The Hall–Kier alpha value is -0.870. The van der Waals surface area contributed by atoms with Crippen molar-refractivity contribution in [3.8, 4) is 0 Å². The highest BCUT2D eigenvalue weighted by atomic mass is 17.2. The van der Waals surface area contributed by atoms with E-state index in [2.05, 4.69) is 16.4 Å². The zero-order chi connectivity index (χ0) is 7.28. The van der Waals surface area contributed by atoms with Gasteiger partial charge in [0, 0.05) is 6.08 Å². The molecular weight excluding hydrogens is 122 g/mol. The fraction of sp³-hybridized carbons (Fsp3) is 0.400. The van der Waals surface area contributed by atoms with Gasteiger partial charge in [-0.1, -0.05) is 6.58 Å². The maximum atomic E-state index is 10.2. The van der Waals surface area contributed by atoms with Crippen molar-refractivity contribution < 1.29 is 14.6 Å². The Morgan fingerprint density at radius 2 is 2.44 bits per heavy atom. The van der Waals surface area contributed by atoms with Crippen LogP contribution in [0.4, 0.5) is 0 Å². The van der Waals surface area contributed by atoms with E-state index in [0.717, 1.165) is 6.08 Å². The Labute approximate surface area is 53.2 Å². The zero-order valence-electron chi connectivity index (χ0n) is 5.16. The minimum absolute atomic E-state index is 0.603. The molecule has 0 aliphatic rings. The van der Waals surface area contributed by atoms with Gasteiger partial charge in [0.1, 0.15) is 6.23 Å². The molecule has 0 aromatic rings. The molecule has 0 saturated carbocycles. The predicted octanol–water partition coefficient (Wildman–Crippen LogP) is -0.0481. The molecule has 0 aliphatic heterocycles. The van der Waals surface area contributed by atoms with Crippen LogP contribution >= 0.6 is 0 Å². The van der Waals surface area contributed by atoms with Crippen LogP contribution in [0, 0.1) is 0 Å². The molecule has 0 radical (unpaired) electrons. The first-order valence-corrected chi connectivity index (χ1v) is 2.42. The average molecular weight is 131 g/mol. The summed E-state index contributed by atoms with van der Waals surface area (Å²) in [6.45, 7) is 4.68. The van der Waals surface area contributed by atoms with Gasteiger partial charge < -0.3 is 5.73 Å². The molecule has 0 spiro atoms. The van der Waals surface area contributed by atoms with Crippen molar-refractivity contribution in [3.63, 3.8) is 0 Å². The lowest BCUT2D eigenvalue weighted by molar-refractivity contribution is -0.289. The first kappa shape index (κ1) is 8.13. The molecule has 0 rings (SSSR count). The van der Waals surface area contributed by atoms with Crippen molar-refractivity contribution in [3.05, 3.63) is 12.7 Å². The Bertz CT molecular complexity index is 111. The number of carbonyl (C=O) groups is 1. The molecule has 0 aliphatic carbocycles. The van der Waals surface area contributed by atoms with Crippen molar-refractivity contribution in [2.45, 2.75) is 13.2 Å². The normalized spacial score (nSPS) is 12.2. The van der Waals surface area contributed by atoms with Gasteiger partial charge in [0.2, 0.25) is 0 Å². The highest BCUT2D eigenvalue weighted by Gasteiger charge is 1.97. The summed E-state index contributed by atoms with van der Waals surface area (Å²) >= 11 is 0. The monoisotopic (exact) mass is 131 g/mol. The molecule has 4 heteroatoms. The summed E-state index contributed by atoms with van der Waals surface area (Å²) in [5.74, 6) is -0.646. The lowest BCUT2D eigenvalue weighted by atomic mass is 10.7. The molecule has 9 heavy (non-hydrogen) atoms. The summed E-state index contributed by atoms with van der Waals surface area (Å²) in [4.78, 5) is 18.5. The number of nitrogens with two attached hydrogens (primary N) is 1. The van der Waals surface area contributed by atoms with E-state index in [-0.39, 0.29) is 0 Å². The van der Waals surface area contributed by atoms with E-state index in [9.17, 15) is 4.79 Å². The van der Waals surface area contributed by atoms with E-state index in [1.54, 1.807) is 0 Å². The van der Waals surface area contributed by atoms with E-state index in [4.69, 9.17) is 5.73 Å². The van der Waals surface area contributed by atoms with Gasteiger partial charge >= 0.3 is 5.97 Å². The fourth-order valence-electron chi connectivity index (χ4n) is 0.157. The number of hydrogen-bond acceptors (Lipinski definition) is 4. The molecule has 0 heterocycles. The van der Waals surface area contributed by atoms with Crippen molar-refractivity contribution in [1.82, 2.24) is 0 Å². The van der Waals surface area contributed by atoms with Crippen molar-refractivity contribution >= 4 is 5.97 Å². The largest absolute Gasteiger partial charge is 0.365 e. The van der Waals surface area contributed by atoms with Crippen LogP contribution in [0.2, 0.25) is 0 Å². The van der Waals surface area contributed by atoms with E-state index < -0.39 is 12.2 Å². The lowest BCUT2D eigenvalue weighted by Gasteiger charge is -2.02. The molecule has 0 saturated heterocycles. The summed E-state index contributed by atoms with van der Waals surface area (Å²) in [6.07, 6.45) is 0.386. The van der Waals surface area contributed by atoms with Crippen molar-refractivity contribution in [2.75, 3.05) is 0 Å². The molecule has 0 aromatic heterocycles. The Balaban J connectivity index is 3.27. The number of rotatable bonds is 3. The first-order valence-electron chi connectivity index (χ1n) is 2.42. The maximum absolute atomic E-state index is 10.2. The summed E-state index contributed by atoms with van der Waals surface area (Å²) in [7, 11) is 0. The zero-order valence-corrected chi connectivity index (χ0v) is 5.16. The van der Waals surface area contributed by atoms with Crippen LogP contribution in [0.5, 0.6) is 0 Å². The van der Waals surface area contributed by atoms with Crippen LogP contribution in [0.3, 0.4) is 0 Å². The molecule has 1 atom stereocenters. The Kier molecular flexibility index (Phi) is 3.66. The summed E-state index contributed by atoms with van der Waals surface area (Å²) in [6, 6.07) is 0. The molecule has 2 N–H and O–H groups in total. The number of hydrogen-bond donors (Lipinski definition) is 1. The van der Waals surface area contributed by atoms with E-state index in [0.29, 0.717) is 0 Å². The van der Waals surface area contributed by atoms with Crippen LogP contribution in [0.1, 0.15) is 6.92 Å². The van der Waals surface area contributed by atoms with Gasteiger partial charge in [-0.05, 0) is 6.92 Å². The minimum Gasteiger partial charge on any atom is -0.303 e. The third-order valence-electron chi connectivity index (χ3n) is 0.449. The van der Waals surface area contributed by atoms with Gasteiger partial charge in [-0.25, -0.2) is 4.79 Å². The Morgan fingerprint density at radius 1 is 1.89 bits per heavy atom.